The molecule has 0 atom stereocenters. The Morgan fingerprint density at radius 3 is 2.42 bits per heavy atom. The summed E-state index contributed by atoms with van der Waals surface area (Å²) in [6, 6.07) is 17.6. The predicted molar refractivity (Wildman–Crippen MR) is 92.9 cm³/mol. The van der Waals surface area contributed by atoms with Gasteiger partial charge in [-0.25, -0.2) is 0 Å². The Balaban J connectivity index is 1.87. The number of aromatic nitrogens is 1. The molecule has 3 aromatic rings. The summed E-state index contributed by atoms with van der Waals surface area (Å²) in [5.41, 5.74) is 3.72. The first-order chi connectivity index (χ1) is 11.8. The molecular weight excluding hydrogens is 302 g/mol. The summed E-state index contributed by atoms with van der Waals surface area (Å²) in [6.07, 6.45) is 3.42. The van der Waals surface area contributed by atoms with Crippen LogP contribution in [0.1, 0.15) is 11.1 Å². The zero-order chi connectivity index (χ0) is 16.8. The van der Waals surface area contributed by atoms with E-state index in [1.165, 1.54) is 0 Å². The van der Waals surface area contributed by atoms with Gasteiger partial charge in [0.1, 0.15) is 18.1 Å². The lowest BCUT2D eigenvalue weighted by Crippen LogP contribution is -1.97. The van der Waals surface area contributed by atoms with Gasteiger partial charge >= 0.3 is 0 Å². The summed E-state index contributed by atoms with van der Waals surface area (Å²) in [6.45, 7) is 0.429. The minimum Gasteiger partial charge on any atom is -0.495 e. The van der Waals surface area contributed by atoms with Crippen LogP contribution in [0.25, 0.3) is 11.1 Å². The maximum atomic E-state index is 9.52. The predicted octanol–water partition coefficient (Wildman–Crippen LogP) is 3.83. The van der Waals surface area contributed by atoms with Gasteiger partial charge in [0.05, 0.1) is 19.9 Å². The largest absolute Gasteiger partial charge is 0.495 e. The van der Waals surface area contributed by atoms with Crippen molar-refractivity contribution in [1.29, 1.82) is 0 Å². The fraction of sp³-hybridized carbons (Fsp3) is 0.150. The standard InChI is InChI=1S/C20H19NO3/c1-23-20-10-18(11-21-12-20)17-7-16(13-22)8-19(9-17)24-14-15-5-3-2-4-6-15/h2-12,22H,13-14H2,1H3. The minimum atomic E-state index is -0.0487. The first-order valence-electron chi connectivity index (χ1n) is 7.69. The Labute approximate surface area is 141 Å². The third kappa shape index (κ3) is 3.91. The van der Waals surface area contributed by atoms with Crippen LogP contribution >= 0.6 is 0 Å². The first kappa shape index (κ1) is 16.0. The number of nitrogens with zero attached hydrogens (tertiary/aromatic N) is 1. The third-order valence-electron chi connectivity index (χ3n) is 3.68. The third-order valence-corrected chi connectivity index (χ3v) is 3.68. The molecule has 1 heterocycles. The van der Waals surface area contributed by atoms with Gasteiger partial charge in [0.2, 0.25) is 0 Å². The highest BCUT2D eigenvalue weighted by molar-refractivity contribution is 5.66. The Bertz CT molecular complexity index is 803. The van der Waals surface area contributed by atoms with Crippen molar-refractivity contribution in [3.05, 3.63) is 78.1 Å². The monoisotopic (exact) mass is 321 g/mol. The van der Waals surface area contributed by atoms with Crippen molar-refractivity contribution in [2.75, 3.05) is 7.11 Å². The molecule has 4 heteroatoms. The van der Waals surface area contributed by atoms with Gasteiger partial charge < -0.3 is 14.6 Å². The summed E-state index contributed by atoms with van der Waals surface area (Å²) in [7, 11) is 1.61. The fourth-order valence-corrected chi connectivity index (χ4v) is 2.43. The summed E-state index contributed by atoms with van der Waals surface area (Å²) < 4.78 is 11.1. The van der Waals surface area contributed by atoms with Crippen LogP contribution in [0.2, 0.25) is 0 Å². The molecular formula is C20H19NO3. The highest BCUT2D eigenvalue weighted by atomic mass is 16.5. The van der Waals surface area contributed by atoms with Gasteiger partial charge in [-0.05, 0) is 41.0 Å². The molecule has 0 amide bonds. The summed E-state index contributed by atoms with van der Waals surface area (Å²) in [4.78, 5) is 4.18. The van der Waals surface area contributed by atoms with Crippen LogP contribution in [0, 0.1) is 0 Å². The van der Waals surface area contributed by atoms with Gasteiger partial charge in [-0.3, -0.25) is 4.98 Å². The molecule has 0 radical (unpaired) electrons. The van der Waals surface area contributed by atoms with Gasteiger partial charge in [-0.1, -0.05) is 30.3 Å². The average molecular weight is 321 g/mol. The smallest absolute Gasteiger partial charge is 0.137 e. The number of rotatable bonds is 6. The van der Waals surface area contributed by atoms with Crippen LogP contribution in [-0.4, -0.2) is 17.2 Å². The molecule has 1 aromatic heterocycles. The lowest BCUT2D eigenvalue weighted by molar-refractivity contribution is 0.278. The van der Waals surface area contributed by atoms with Crippen molar-refractivity contribution in [1.82, 2.24) is 4.98 Å². The molecule has 0 fully saturated rings. The van der Waals surface area contributed by atoms with E-state index in [9.17, 15) is 5.11 Å². The molecule has 0 saturated carbocycles. The summed E-state index contributed by atoms with van der Waals surface area (Å²) >= 11 is 0. The van der Waals surface area contributed by atoms with E-state index in [1.54, 1.807) is 19.5 Å². The zero-order valence-corrected chi connectivity index (χ0v) is 13.5. The van der Waals surface area contributed by atoms with E-state index in [0.717, 1.165) is 22.3 Å². The van der Waals surface area contributed by atoms with Crippen LogP contribution in [0.3, 0.4) is 0 Å². The van der Waals surface area contributed by atoms with Gasteiger partial charge in [-0.2, -0.15) is 0 Å². The Hall–Kier alpha value is -2.85. The number of aliphatic hydroxyl groups is 1. The normalized spacial score (nSPS) is 10.4. The lowest BCUT2D eigenvalue weighted by atomic mass is 10.0. The molecule has 0 aliphatic heterocycles. The number of benzene rings is 2. The molecule has 1 N–H and O–H groups in total. The number of ether oxygens (including phenoxy) is 2. The van der Waals surface area contributed by atoms with Crippen molar-refractivity contribution >= 4 is 0 Å². The average Bonchev–Trinajstić information content (AvgIpc) is 2.67. The number of aliphatic hydroxyl groups excluding tert-OH is 1. The van der Waals surface area contributed by atoms with Crippen molar-refractivity contribution in [2.24, 2.45) is 0 Å². The van der Waals surface area contributed by atoms with Crippen molar-refractivity contribution in [3.63, 3.8) is 0 Å². The quantitative estimate of drug-likeness (QED) is 0.750. The maximum absolute atomic E-state index is 9.52. The van der Waals surface area contributed by atoms with Gasteiger partial charge in [0.25, 0.3) is 0 Å². The number of methoxy groups -OCH3 is 1. The van der Waals surface area contributed by atoms with Crippen LogP contribution in [0.15, 0.2) is 67.0 Å². The van der Waals surface area contributed by atoms with Crippen LogP contribution in [0.4, 0.5) is 0 Å². The Morgan fingerprint density at radius 1 is 0.875 bits per heavy atom. The Kier molecular flexibility index (Phi) is 5.08. The topological polar surface area (TPSA) is 51.6 Å². The minimum absolute atomic E-state index is 0.0487. The van der Waals surface area contributed by atoms with Crippen LogP contribution < -0.4 is 9.47 Å². The highest BCUT2D eigenvalue weighted by Gasteiger charge is 2.06. The number of hydrogen-bond donors (Lipinski definition) is 1. The van der Waals surface area contributed by atoms with Crippen molar-refractivity contribution in [3.8, 4) is 22.6 Å². The van der Waals surface area contributed by atoms with E-state index in [1.807, 2.05) is 54.6 Å². The Morgan fingerprint density at radius 2 is 1.67 bits per heavy atom. The SMILES string of the molecule is COc1cncc(-c2cc(CO)cc(OCc3ccccc3)c2)c1. The highest BCUT2D eigenvalue weighted by Crippen LogP contribution is 2.28. The van der Waals surface area contributed by atoms with Crippen molar-refractivity contribution < 1.29 is 14.6 Å². The zero-order valence-electron chi connectivity index (χ0n) is 13.5. The molecule has 0 spiro atoms. The van der Waals surface area contributed by atoms with E-state index >= 15 is 0 Å². The lowest BCUT2D eigenvalue weighted by Gasteiger charge is -2.11. The number of hydrogen-bond acceptors (Lipinski definition) is 4. The van der Waals surface area contributed by atoms with Crippen LogP contribution in [-0.2, 0) is 13.2 Å². The summed E-state index contributed by atoms with van der Waals surface area (Å²) in [5, 5.41) is 9.52. The van der Waals surface area contributed by atoms with E-state index < -0.39 is 0 Å². The second kappa shape index (κ2) is 7.62. The summed E-state index contributed by atoms with van der Waals surface area (Å²) in [5.74, 6) is 1.40. The molecule has 0 unspecified atom stereocenters. The number of pyridine rings is 1. The molecule has 2 aromatic carbocycles. The molecule has 24 heavy (non-hydrogen) atoms. The molecule has 3 rings (SSSR count). The molecule has 0 bridgehead atoms. The van der Waals surface area contributed by atoms with Gasteiger partial charge in [0, 0.05) is 11.8 Å². The van der Waals surface area contributed by atoms with E-state index in [2.05, 4.69) is 4.98 Å². The van der Waals surface area contributed by atoms with Crippen molar-refractivity contribution in [2.45, 2.75) is 13.2 Å². The van der Waals surface area contributed by atoms with Gasteiger partial charge in [-0.15, -0.1) is 0 Å². The molecule has 0 aliphatic carbocycles. The molecule has 4 nitrogen and oxygen atoms in total. The first-order valence-corrected chi connectivity index (χ1v) is 7.69. The van der Waals surface area contributed by atoms with E-state index in [0.29, 0.717) is 18.1 Å². The second-order valence-corrected chi connectivity index (χ2v) is 5.41. The van der Waals surface area contributed by atoms with E-state index in [-0.39, 0.29) is 6.61 Å². The van der Waals surface area contributed by atoms with Crippen LogP contribution in [0.5, 0.6) is 11.5 Å². The maximum Gasteiger partial charge on any atom is 0.137 e. The fourth-order valence-electron chi connectivity index (χ4n) is 2.43. The van der Waals surface area contributed by atoms with Gasteiger partial charge in [0.15, 0.2) is 0 Å². The second-order valence-electron chi connectivity index (χ2n) is 5.41. The molecule has 0 saturated heterocycles. The van der Waals surface area contributed by atoms with E-state index in [4.69, 9.17) is 9.47 Å². The molecule has 0 aliphatic rings. The molecule has 122 valence electrons.